The summed E-state index contributed by atoms with van der Waals surface area (Å²) in [6.07, 6.45) is 2.86. The van der Waals surface area contributed by atoms with E-state index in [1.807, 2.05) is 0 Å². The summed E-state index contributed by atoms with van der Waals surface area (Å²) in [6, 6.07) is 10.8. The van der Waals surface area contributed by atoms with Crippen LogP contribution in [0, 0.1) is 0 Å². The molecule has 23 heavy (non-hydrogen) atoms. The Bertz CT molecular complexity index is 809. The first kappa shape index (κ1) is 16.3. The number of hydrogen-bond acceptors (Lipinski definition) is 5. The van der Waals surface area contributed by atoms with E-state index in [1.165, 1.54) is 44.6 Å². The van der Waals surface area contributed by atoms with Crippen molar-refractivity contribution in [2.45, 2.75) is 0 Å². The minimum Gasteiger partial charge on any atom is -0.504 e. The third kappa shape index (κ3) is 3.77. The van der Waals surface area contributed by atoms with Crippen LogP contribution in [0.1, 0.15) is 15.9 Å². The maximum atomic E-state index is 12.2. The van der Waals surface area contributed by atoms with Crippen molar-refractivity contribution < 1.29 is 19.4 Å². The van der Waals surface area contributed by atoms with Crippen molar-refractivity contribution in [1.29, 1.82) is 0 Å². The molecular weight excluding hydrogens is 296 g/mol. The van der Waals surface area contributed by atoms with Gasteiger partial charge in [0.05, 0.1) is 19.8 Å². The zero-order valence-corrected chi connectivity index (χ0v) is 12.8. The van der Waals surface area contributed by atoms with Gasteiger partial charge in [-0.2, -0.15) is 0 Å². The number of carbonyl (C=O) groups is 1. The third-order valence-electron chi connectivity index (χ3n) is 3.21. The first-order valence-corrected chi connectivity index (χ1v) is 6.83. The minimum absolute atomic E-state index is 0.0447. The molecule has 0 aliphatic carbocycles. The van der Waals surface area contributed by atoms with Crippen LogP contribution in [0.25, 0.3) is 6.08 Å². The summed E-state index contributed by atoms with van der Waals surface area (Å²) < 4.78 is 10.3. The molecule has 2 rings (SSSR count). The van der Waals surface area contributed by atoms with Crippen LogP contribution < -0.4 is 14.9 Å². The van der Waals surface area contributed by atoms with Gasteiger partial charge in [0.25, 0.3) is 0 Å². The quantitative estimate of drug-likeness (QED) is 0.679. The van der Waals surface area contributed by atoms with E-state index in [1.54, 1.807) is 24.3 Å². The summed E-state index contributed by atoms with van der Waals surface area (Å²) in [5.41, 5.74) is 0.0766. The fourth-order valence-electron chi connectivity index (χ4n) is 2.00. The molecule has 0 fully saturated rings. The van der Waals surface area contributed by atoms with Gasteiger partial charge in [-0.15, -0.1) is 0 Å². The number of hydrogen-bond donors (Lipinski definition) is 1. The summed E-state index contributed by atoms with van der Waals surface area (Å²) >= 11 is 0. The molecule has 0 saturated heterocycles. The number of carbonyl (C=O) groups excluding carboxylic acids is 1. The standard InChI is InChI=1S/C18H16O5/c1-22-16-10-8-12(11-17(16)23-2)7-9-14(19)13-5-3-4-6-15(20)18(13)21/h3-11H,1-2H3,(H,20,21). The van der Waals surface area contributed by atoms with Gasteiger partial charge in [-0.1, -0.05) is 24.3 Å². The lowest BCUT2D eigenvalue weighted by Gasteiger charge is -2.07. The molecule has 0 aliphatic rings. The molecule has 5 heteroatoms. The molecule has 0 saturated carbocycles. The number of aromatic hydroxyl groups is 1. The monoisotopic (exact) mass is 312 g/mol. The average molecular weight is 312 g/mol. The molecule has 0 aromatic heterocycles. The Morgan fingerprint density at radius 3 is 2.43 bits per heavy atom. The van der Waals surface area contributed by atoms with Gasteiger partial charge >= 0.3 is 0 Å². The fraction of sp³-hybridized carbons (Fsp3) is 0.111. The molecule has 118 valence electrons. The molecule has 5 nitrogen and oxygen atoms in total. The van der Waals surface area contributed by atoms with Crippen LogP contribution in [0.15, 0.2) is 53.3 Å². The largest absolute Gasteiger partial charge is 0.504 e. The van der Waals surface area contributed by atoms with Crippen molar-refractivity contribution in [2.75, 3.05) is 14.2 Å². The van der Waals surface area contributed by atoms with Crippen molar-refractivity contribution in [2.24, 2.45) is 0 Å². The van der Waals surface area contributed by atoms with Crippen LogP contribution in [-0.4, -0.2) is 25.1 Å². The summed E-state index contributed by atoms with van der Waals surface area (Å²) in [5.74, 6) is 0.0974. The van der Waals surface area contributed by atoms with Crippen molar-refractivity contribution in [3.8, 4) is 17.2 Å². The topological polar surface area (TPSA) is 72.8 Å². The highest BCUT2D eigenvalue weighted by molar-refractivity contribution is 6.08. The van der Waals surface area contributed by atoms with E-state index >= 15 is 0 Å². The Balaban J connectivity index is 2.31. The van der Waals surface area contributed by atoms with E-state index in [4.69, 9.17) is 9.47 Å². The predicted molar refractivity (Wildman–Crippen MR) is 87.3 cm³/mol. The molecular formula is C18H16O5. The molecule has 0 amide bonds. The molecule has 0 aliphatic heterocycles. The SMILES string of the molecule is COc1ccc(C=CC(=O)c2ccccc(=O)c2O)cc1OC. The Hall–Kier alpha value is -3.08. The average Bonchev–Trinajstić information content (AvgIpc) is 2.74. The molecule has 0 spiro atoms. The number of allylic oxidation sites excluding steroid dienone is 1. The number of ether oxygens (including phenoxy) is 2. The van der Waals surface area contributed by atoms with Gasteiger partial charge < -0.3 is 14.6 Å². The van der Waals surface area contributed by atoms with Gasteiger partial charge in [-0.25, -0.2) is 0 Å². The summed E-state index contributed by atoms with van der Waals surface area (Å²) in [6.45, 7) is 0. The molecule has 1 N–H and O–H groups in total. The van der Waals surface area contributed by atoms with Gasteiger partial charge in [-0.3, -0.25) is 9.59 Å². The van der Waals surface area contributed by atoms with Crippen molar-refractivity contribution in [1.82, 2.24) is 0 Å². The molecule has 0 radical (unpaired) electrons. The summed E-state index contributed by atoms with van der Waals surface area (Å²) in [7, 11) is 3.06. The van der Waals surface area contributed by atoms with Crippen LogP contribution in [0.2, 0.25) is 0 Å². The van der Waals surface area contributed by atoms with E-state index < -0.39 is 17.0 Å². The van der Waals surface area contributed by atoms with E-state index in [0.29, 0.717) is 11.5 Å². The number of rotatable bonds is 5. The zero-order valence-electron chi connectivity index (χ0n) is 12.8. The highest BCUT2D eigenvalue weighted by Crippen LogP contribution is 2.28. The molecule has 2 aromatic carbocycles. The maximum Gasteiger partial charge on any atom is 0.220 e. The number of benzene rings is 1. The zero-order chi connectivity index (χ0) is 16.8. The van der Waals surface area contributed by atoms with Crippen LogP contribution in [0.4, 0.5) is 0 Å². The lowest BCUT2D eigenvalue weighted by molar-refractivity contribution is 0.104. The Labute approximate surface area is 133 Å². The second-order valence-electron chi connectivity index (χ2n) is 4.66. The van der Waals surface area contributed by atoms with E-state index in [0.717, 1.165) is 5.56 Å². The van der Waals surface area contributed by atoms with E-state index in [9.17, 15) is 14.7 Å². The number of methoxy groups -OCH3 is 2. The summed E-state index contributed by atoms with van der Waals surface area (Å²) in [5, 5.41) is 9.77. The Kier molecular flexibility index (Phi) is 5.15. The van der Waals surface area contributed by atoms with Crippen molar-refractivity contribution >= 4 is 11.9 Å². The first-order valence-electron chi connectivity index (χ1n) is 6.83. The Morgan fingerprint density at radius 2 is 1.74 bits per heavy atom. The molecule has 0 bridgehead atoms. The van der Waals surface area contributed by atoms with Gasteiger partial charge in [0, 0.05) is 0 Å². The normalized spacial score (nSPS) is 10.5. The highest BCUT2D eigenvalue weighted by Gasteiger charge is 2.09. The van der Waals surface area contributed by atoms with Crippen LogP contribution in [-0.2, 0) is 0 Å². The van der Waals surface area contributed by atoms with E-state index in [2.05, 4.69) is 0 Å². The molecule has 0 atom stereocenters. The Morgan fingerprint density at radius 1 is 1.04 bits per heavy atom. The van der Waals surface area contributed by atoms with E-state index in [-0.39, 0.29) is 5.56 Å². The minimum atomic E-state index is -0.599. The lowest BCUT2D eigenvalue weighted by Crippen LogP contribution is -2.01. The third-order valence-corrected chi connectivity index (χ3v) is 3.21. The van der Waals surface area contributed by atoms with Crippen LogP contribution >= 0.6 is 0 Å². The van der Waals surface area contributed by atoms with Crippen molar-refractivity contribution in [3.63, 3.8) is 0 Å². The molecule has 2 aromatic rings. The number of ketones is 1. The first-order chi connectivity index (χ1) is 11.1. The van der Waals surface area contributed by atoms with Gasteiger partial charge in [-0.05, 0) is 35.9 Å². The lowest BCUT2D eigenvalue weighted by atomic mass is 10.1. The van der Waals surface area contributed by atoms with Gasteiger partial charge in [0.2, 0.25) is 5.43 Å². The highest BCUT2D eigenvalue weighted by atomic mass is 16.5. The second kappa shape index (κ2) is 7.26. The van der Waals surface area contributed by atoms with Gasteiger partial charge in [0.15, 0.2) is 23.0 Å². The smallest absolute Gasteiger partial charge is 0.220 e. The van der Waals surface area contributed by atoms with Gasteiger partial charge in [0.1, 0.15) is 0 Å². The second-order valence-corrected chi connectivity index (χ2v) is 4.66. The molecule has 0 heterocycles. The predicted octanol–water partition coefficient (Wildman–Crippen LogP) is 2.67. The van der Waals surface area contributed by atoms with Crippen LogP contribution in [0.5, 0.6) is 17.2 Å². The summed E-state index contributed by atoms with van der Waals surface area (Å²) in [4.78, 5) is 23.7. The maximum absolute atomic E-state index is 12.2. The van der Waals surface area contributed by atoms with Crippen molar-refractivity contribution in [3.05, 3.63) is 69.9 Å². The van der Waals surface area contributed by atoms with Crippen LogP contribution in [0.3, 0.4) is 0 Å². The molecule has 0 unspecified atom stereocenters. The fourth-order valence-corrected chi connectivity index (χ4v) is 2.00.